The minimum absolute atomic E-state index is 0.0517. The van der Waals surface area contributed by atoms with Gasteiger partial charge in [0.1, 0.15) is 18.0 Å². The molecule has 2 aromatic carbocycles. The van der Waals surface area contributed by atoms with E-state index >= 15 is 0 Å². The second kappa shape index (κ2) is 10.8. The molecule has 204 valence electrons. The Morgan fingerprint density at radius 3 is 2.62 bits per heavy atom. The predicted octanol–water partition coefficient (Wildman–Crippen LogP) is 2.11. The van der Waals surface area contributed by atoms with Gasteiger partial charge in [-0.25, -0.2) is 22.3 Å². The number of carboxylic acid groups (broad SMARTS) is 1. The zero-order valence-corrected chi connectivity index (χ0v) is 22.0. The third-order valence-electron chi connectivity index (χ3n) is 5.75. The van der Waals surface area contributed by atoms with Gasteiger partial charge in [0.15, 0.2) is 5.75 Å². The summed E-state index contributed by atoms with van der Waals surface area (Å²) in [5.41, 5.74) is 0.554. The zero-order chi connectivity index (χ0) is 28.4. The Labute approximate surface area is 224 Å². The van der Waals surface area contributed by atoms with Gasteiger partial charge in [-0.3, -0.25) is 0 Å². The molecule has 1 aromatic heterocycles. The van der Waals surface area contributed by atoms with E-state index in [9.17, 15) is 31.5 Å². The molecule has 0 radical (unpaired) electrons. The summed E-state index contributed by atoms with van der Waals surface area (Å²) in [6.45, 7) is -0.575. The van der Waals surface area contributed by atoms with E-state index in [1.54, 1.807) is 10.2 Å². The molecule has 0 spiro atoms. The first-order valence-electron chi connectivity index (χ1n) is 11.3. The summed E-state index contributed by atoms with van der Waals surface area (Å²) < 4.78 is 66.5. The van der Waals surface area contributed by atoms with Gasteiger partial charge in [-0.2, -0.15) is 13.7 Å². The summed E-state index contributed by atoms with van der Waals surface area (Å²) in [5.74, 6) is -1.96. The fraction of sp³-hybridized carbons (Fsp3) is 0.208. The number of rotatable bonds is 10. The van der Waals surface area contributed by atoms with Crippen LogP contribution < -0.4 is 17.9 Å². The first-order chi connectivity index (χ1) is 18.5. The number of carbonyl (C=O) groups is 2. The van der Waals surface area contributed by atoms with Gasteiger partial charge in [0, 0.05) is 24.7 Å². The van der Waals surface area contributed by atoms with Gasteiger partial charge < -0.3 is 19.1 Å². The largest absolute Gasteiger partial charge is 0.497 e. The number of ether oxygens (including phenoxy) is 2. The van der Waals surface area contributed by atoms with Crippen molar-refractivity contribution in [1.29, 1.82) is 5.26 Å². The van der Waals surface area contributed by atoms with Crippen LogP contribution in [-0.4, -0.2) is 52.1 Å². The SMILES string of the molecule is COc1ccc2c(c1)OC(=O)CN2S(=O)(=O)NS(=O)(=O)c1cccc(-c2ccc(C(=O)O)n2CCCC#N)c1. The molecule has 4 rings (SSSR count). The number of sulfonamides is 1. The summed E-state index contributed by atoms with van der Waals surface area (Å²) in [7, 11) is -8.15. The Morgan fingerprint density at radius 1 is 1.15 bits per heavy atom. The van der Waals surface area contributed by atoms with Gasteiger partial charge >= 0.3 is 22.1 Å². The number of unbranched alkanes of at least 4 members (excludes halogenated alkanes) is 1. The fourth-order valence-electron chi connectivity index (χ4n) is 4.00. The quantitative estimate of drug-likeness (QED) is 0.206. The van der Waals surface area contributed by atoms with Crippen molar-refractivity contribution in [2.75, 3.05) is 18.0 Å². The highest BCUT2D eigenvalue weighted by Crippen LogP contribution is 2.36. The van der Waals surface area contributed by atoms with Crippen LogP contribution in [0, 0.1) is 11.3 Å². The van der Waals surface area contributed by atoms with Crippen LogP contribution in [0.4, 0.5) is 5.69 Å². The van der Waals surface area contributed by atoms with Crippen LogP contribution in [0.25, 0.3) is 11.3 Å². The van der Waals surface area contributed by atoms with Crippen molar-refractivity contribution in [1.82, 2.24) is 8.69 Å². The molecule has 0 aliphatic carbocycles. The highest BCUT2D eigenvalue weighted by Gasteiger charge is 2.36. The highest BCUT2D eigenvalue weighted by atomic mass is 32.3. The first-order valence-corrected chi connectivity index (χ1v) is 14.2. The highest BCUT2D eigenvalue weighted by molar-refractivity contribution is 8.05. The number of hydrogen-bond donors (Lipinski definition) is 2. The Morgan fingerprint density at radius 2 is 1.92 bits per heavy atom. The number of aromatic nitrogens is 1. The van der Waals surface area contributed by atoms with E-state index in [-0.39, 0.29) is 30.1 Å². The molecule has 2 N–H and O–H groups in total. The predicted molar refractivity (Wildman–Crippen MR) is 137 cm³/mol. The number of nitrogens with one attached hydrogen (secondary N) is 1. The number of fused-ring (bicyclic) bond motifs is 1. The Kier molecular flexibility index (Phi) is 7.63. The van der Waals surface area contributed by atoms with Crippen molar-refractivity contribution in [3.8, 4) is 28.8 Å². The minimum atomic E-state index is -4.82. The van der Waals surface area contributed by atoms with Crippen molar-refractivity contribution >= 4 is 37.9 Å². The number of esters is 1. The lowest BCUT2D eigenvalue weighted by Crippen LogP contribution is -2.48. The van der Waals surface area contributed by atoms with Gasteiger partial charge in [0.05, 0.1) is 23.8 Å². The summed E-state index contributed by atoms with van der Waals surface area (Å²) in [5, 5.41) is 18.4. The number of aromatic carboxylic acids is 1. The lowest BCUT2D eigenvalue weighted by molar-refractivity contribution is -0.133. The maximum Gasteiger partial charge on any atom is 0.352 e. The van der Waals surface area contributed by atoms with Crippen molar-refractivity contribution < 1.29 is 41.0 Å². The van der Waals surface area contributed by atoms with Crippen molar-refractivity contribution in [3.63, 3.8) is 0 Å². The number of methoxy groups -OCH3 is 1. The van der Waals surface area contributed by atoms with Crippen molar-refractivity contribution in [2.24, 2.45) is 0 Å². The molecule has 0 bridgehead atoms. The van der Waals surface area contributed by atoms with E-state index < -0.39 is 43.6 Å². The maximum atomic E-state index is 13.2. The second-order valence-electron chi connectivity index (χ2n) is 8.26. The smallest absolute Gasteiger partial charge is 0.352 e. The molecular weight excluding hydrogens is 552 g/mol. The Hall–Kier alpha value is -4.39. The molecule has 1 aliphatic rings. The molecule has 0 saturated carbocycles. The normalized spacial score (nSPS) is 13.3. The number of carboxylic acids is 1. The number of carbonyl (C=O) groups excluding carboxylic acids is 1. The lowest BCUT2D eigenvalue weighted by atomic mass is 10.1. The first kappa shape index (κ1) is 27.6. The molecule has 3 aromatic rings. The second-order valence-corrected chi connectivity index (χ2v) is 11.8. The average molecular weight is 575 g/mol. The van der Waals surface area contributed by atoms with Crippen LogP contribution in [-0.2, 0) is 31.6 Å². The lowest BCUT2D eigenvalue weighted by Gasteiger charge is -2.29. The standard InChI is InChI=1S/C24H22N4O9S2/c1-36-17-7-8-20-22(14-17)37-23(29)15-28(20)39(34,35)26-38(32,33)18-6-4-5-16(13-18)19-9-10-21(24(30)31)27(19)12-3-2-11-25/h4-10,13-14,26H,2-3,12,15H2,1H3,(H,30,31). The van der Waals surface area contributed by atoms with Crippen molar-refractivity contribution in [3.05, 3.63) is 60.3 Å². The van der Waals surface area contributed by atoms with Gasteiger partial charge in [0.2, 0.25) is 0 Å². The van der Waals surface area contributed by atoms with Crippen LogP contribution in [0.5, 0.6) is 11.5 Å². The third-order valence-corrected chi connectivity index (χ3v) is 9.25. The van der Waals surface area contributed by atoms with Crippen LogP contribution in [0.2, 0.25) is 0 Å². The molecule has 0 atom stereocenters. The third kappa shape index (κ3) is 5.72. The van der Waals surface area contributed by atoms with Crippen LogP contribution >= 0.6 is 0 Å². The molecule has 1 aliphatic heterocycles. The molecule has 0 unspecified atom stereocenters. The number of hydrogen-bond acceptors (Lipinski definition) is 9. The van der Waals surface area contributed by atoms with Gasteiger partial charge in [0.25, 0.3) is 10.0 Å². The molecular formula is C24H22N4O9S2. The fourth-order valence-corrected chi connectivity index (χ4v) is 7.08. The molecule has 0 fully saturated rings. The van der Waals surface area contributed by atoms with Crippen LogP contribution in [0.15, 0.2) is 59.5 Å². The van der Waals surface area contributed by atoms with Gasteiger partial charge in [-0.05, 0) is 48.4 Å². The number of nitriles is 1. The average Bonchev–Trinajstić information content (AvgIpc) is 3.31. The molecule has 0 amide bonds. The monoisotopic (exact) mass is 574 g/mol. The zero-order valence-electron chi connectivity index (χ0n) is 20.4. The Balaban J connectivity index is 1.67. The molecule has 0 saturated heterocycles. The molecule has 15 heteroatoms. The van der Waals surface area contributed by atoms with E-state index in [1.807, 2.05) is 6.07 Å². The van der Waals surface area contributed by atoms with E-state index in [0.29, 0.717) is 27.7 Å². The molecule has 39 heavy (non-hydrogen) atoms. The molecule has 13 nitrogen and oxygen atoms in total. The minimum Gasteiger partial charge on any atom is -0.497 e. The van der Waals surface area contributed by atoms with Crippen LogP contribution in [0.3, 0.4) is 0 Å². The van der Waals surface area contributed by atoms with Gasteiger partial charge in [-0.15, -0.1) is 0 Å². The van der Waals surface area contributed by atoms with Crippen LogP contribution in [0.1, 0.15) is 23.3 Å². The number of anilines is 1. The summed E-state index contributed by atoms with van der Waals surface area (Å²) in [6.07, 6.45) is 0.550. The number of nitrogens with zero attached hydrogens (tertiary/aromatic N) is 3. The topological polar surface area (TPSA) is 185 Å². The molecule has 2 heterocycles. The van der Waals surface area contributed by atoms with E-state index in [2.05, 4.69) is 0 Å². The van der Waals surface area contributed by atoms with E-state index in [1.165, 1.54) is 60.2 Å². The van der Waals surface area contributed by atoms with Gasteiger partial charge in [-0.1, -0.05) is 16.3 Å². The Bertz CT molecular complexity index is 1710. The van der Waals surface area contributed by atoms with E-state index in [4.69, 9.17) is 14.7 Å². The maximum absolute atomic E-state index is 13.2. The summed E-state index contributed by atoms with van der Waals surface area (Å²) in [4.78, 5) is 23.3. The van der Waals surface area contributed by atoms with E-state index in [0.717, 1.165) is 0 Å². The summed E-state index contributed by atoms with van der Waals surface area (Å²) in [6, 6.07) is 14.2. The number of benzene rings is 2. The van der Waals surface area contributed by atoms with Crippen molar-refractivity contribution in [2.45, 2.75) is 24.3 Å². The summed E-state index contributed by atoms with van der Waals surface area (Å²) >= 11 is 0.